The molecule has 3 heteroatoms. The summed E-state index contributed by atoms with van der Waals surface area (Å²) >= 11 is 0. The number of benzene rings is 2. The van der Waals surface area contributed by atoms with Crippen LogP contribution in [0.1, 0.15) is 11.1 Å². The maximum atomic E-state index is 9.34. The van der Waals surface area contributed by atoms with E-state index in [-0.39, 0.29) is 6.61 Å². The zero-order valence-corrected chi connectivity index (χ0v) is 10.1. The van der Waals surface area contributed by atoms with Crippen LogP contribution in [0, 0.1) is 11.3 Å². The SMILES string of the molecule is COc1cc(C#N)cc(-c2ccccc2CO)c1. The number of aliphatic hydroxyl groups excluding tert-OH is 1. The lowest BCUT2D eigenvalue weighted by molar-refractivity contribution is 0.282. The van der Waals surface area contributed by atoms with Crippen molar-refractivity contribution in [1.29, 1.82) is 5.26 Å². The minimum atomic E-state index is -0.0325. The Balaban J connectivity index is 2.60. The summed E-state index contributed by atoms with van der Waals surface area (Å²) in [4.78, 5) is 0. The predicted molar refractivity (Wildman–Crippen MR) is 69.1 cm³/mol. The molecule has 2 aromatic carbocycles. The van der Waals surface area contributed by atoms with E-state index < -0.39 is 0 Å². The fourth-order valence-electron chi connectivity index (χ4n) is 1.88. The topological polar surface area (TPSA) is 53.2 Å². The van der Waals surface area contributed by atoms with E-state index in [1.165, 1.54) is 0 Å². The van der Waals surface area contributed by atoms with Crippen LogP contribution in [0.5, 0.6) is 5.75 Å². The van der Waals surface area contributed by atoms with Gasteiger partial charge in [0.05, 0.1) is 25.3 Å². The van der Waals surface area contributed by atoms with Gasteiger partial charge in [-0.1, -0.05) is 24.3 Å². The number of rotatable bonds is 3. The Morgan fingerprint density at radius 2 is 2.00 bits per heavy atom. The number of aliphatic hydroxyl groups is 1. The molecule has 0 aliphatic rings. The number of hydrogen-bond acceptors (Lipinski definition) is 3. The average molecular weight is 239 g/mol. The van der Waals surface area contributed by atoms with Crippen LogP contribution in [0.2, 0.25) is 0 Å². The van der Waals surface area contributed by atoms with Gasteiger partial charge in [-0.2, -0.15) is 5.26 Å². The highest BCUT2D eigenvalue weighted by Crippen LogP contribution is 2.28. The van der Waals surface area contributed by atoms with Crippen molar-refractivity contribution in [1.82, 2.24) is 0 Å². The van der Waals surface area contributed by atoms with Crippen LogP contribution in [0.25, 0.3) is 11.1 Å². The van der Waals surface area contributed by atoms with Crippen LogP contribution in [0.4, 0.5) is 0 Å². The molecule has 0 saturated carbocycles. The fourth-order valence-corrected chi connectivity index (χ4v) is 1.88. The van der Waals surface area contributed by atoms with Crippen molar-refractivity contribution in [3.8, 4) is 22.9 Å². The Labute approximate surface area is 106 Å². The first-order chi connectivity index (χ1) is 8.78. The molecule has 3 nitrogen and oxygen atoms in total. The molecule has 0 radical (unpaired) electrons. The molecule has 0 unspecified atom stereocenters. The molecule has 90 valence electrons. The van der Waals surface area contributed by atoms with Gasteiger partial charge in [-0.25, -0.2) is 0 Å². The zero-order valence-electron chi connectivity index (χ0n) is 10.1. The first-order valence-electron chi connectivity index (χ1n) is 5.57. The fraction of sp³-hybridized carbons (Fsp3) is 0.133. The number of methoxy groups -OCH3 is 1. The van der Waals surface area contributed by atoms with E-state index in [2.05, 4.69) is 6.07 Å². The minimum Gasteiger partial charge on any atom is -0.497 e. The van der Waals surface area contributed by atoms with Crippen LogP contribution in [0.15, 0.2) is 42.5 Å². The highest BCUT2D eigenvalue weighted by Gasteiger charge is 2.07. The van der Waals surface area contributed by atoms with Crippen molar-refractivity contribution in [3.63, 3.8) is 0 Å². The summed E-state index contributed by atoms with van der Waals surface area (Å²) in [5.41, 5.74) is 3.15. The molecule has 0 aliphatic carbocycles. The van der Waals surface area contributed by atoms with E-state index in [9.17, 15) is 5.11 Å². The molecule has 0 atom stereocenters. The number of hydrogen-bond donors (Lipinski definition) is 1. The van der Waals surface area contributed by atoms with Gasteiger partial charge in [-0.05, 0) is 34.9 Å². The molecule has 2 aromatic rings. The van der Waals surface area contributed by atoms with Crippen molar-refractivity contribution < 1.29 is 9.84 Å². The lowest BCUT2D eigenvalue weighted by atomic mass is 9.98. The third-order valence-electron chi connectivity index (χ3n) is 2.77. The Bertz CT molecular complexity index is 600. The first kappa shape index (κ1) is 12.2. The van der Waals surface area contributed by atoms with Crippen molar-refractivity contribution in [2.75, 3.05) is 7.11 Å². The van der Waals surface area contributed by atoms with Gasteiger partial charge in [0.25, 0.3) is 0 Å². The Morgan fingerprint density at radius 3 is 2.67 bits per heavy atom. The molecule has 1 N–H and O–H groups in total. The molecule has 0 spiro atoms. The molecule has 0 aromatic heterocycles. The van der Waals surface area contributed by atoms with Crippen LogP contribution in [0.3, 0.4) is 0 Å². The second kappa shape index (κ2) is 5.35. The van der Waals surface area contributed by atoms with E-state index in [1.807, 2.05) is 30.3 Å². The monoisotopic (exact) mass is 239 g/mol. The van der Waals surface area contributed by atoms with Crippen molar-refractivity contribution >= 4 is 0 Å². The summed E-state index contributed by atoms with van der Waals surface area (Å²) in [7, 11) is 1.57. The second-order valence-electron chi connectivity index (χ2n) is 3.88. The van der Waals surface area contributed by atoms with E-state index in [4.69, 9.17) is 10.00 Å². The second-order valence-corrected chi connectivity index (χ2v) is 3.88. The molecule has 2 rings (SSSR count). The molecule has 0 amide bonds. The van der Waals surface area contributed by atoms with Gasteiger partial charge in [0.2, 0.25) is 0 Å². The van der Waals surface area contributed by atoms with Crippen molar-refractivity contribution in [3.05, 3.63) is 53.6 Å². The summed E-state index contributed by atoms with van der Waals surface area (Å²) in [5, 5.41) is 18.3. The maximum absolute atomic E-state index is 9.34. The van der Waals surface area contributed by atoms with Crippen molar-refractivity contribution in [2.24, 2.45) is 0 Å². The van der Waals surface area contributed by atoms with Crippen LogP contribution < -0.4 is 4.74 Å². The molecule has 0 fully saturated rings. The van der Waals surface area contributed by atoms with Gasteiger partial charge in [-0.3, -0.25) is 0 Å². The summed E-state index contributed by atoms with van der Waals surface area (Å²) in [6, 6.07) is 15.0. The zero-order chi connectivity index (χ0) is 13.0. The highest BCUT2D eigenvalue weighted by molar-refractivity contribution is 5.70. The standard InChI is InChI=1S/C15H13NO2/c1-18-14-7-11(9-16)6-13(8-14)15-5-3-2-4-12(15)10-17/h2-8,17H,10H2,1H3. The van der Waals surface area contributed by atoms with Gasteiger partial charge in [0.15, 0.2) is 0 Å². The van der Waals surface area contributed by atoms with Crippen molar-refractivity contribution in [2.45, 2.75) is 6.61 Å². The third kappa shape index (κ3) is 2.34. The first-order valence-corrected chi connectivity index (χ1v) is 5.57. The summed E-state index contributed by atoms with van der Waals surface area (Å²) in [5.74, 6) is 0.636. The van der Waals surface area contributed by atoms with Crippen LogP contribution in [-0.2, 0) is 6.61 Å². The van der Waals surface area contributed by atoms with Gasteiger partial charge < -0.3 is 9.84 Å². The molecule has 0 aliphatic heterocycles. The lowest BCUT2D eigenvalue weighted by Gasteiger charge is -2.09. The Hall–Kier alpha value is -2.31. The number of nitriles is 1. The van der Waals surface area contributed by atoms with Crippen LogP contribution in [-0.4, -0.2) is 12.2 Å². The Morgan fingerprint density at radius 1 is 1.22 bits per heavy atom. The van der Waals surface area contributed by atoms with E-state index in [1.54, 1.807) is 19.2 Å². The highest BCUT2D eigenvalue weighted by atomic mass is 16.5. The average Bonchev–Trinajstić information content (AvgIpc) is 2.46. The van der Waals surface area contributed by atoms with Crippen LogP contribution >= 0.6 is 0 Å². The molecule has 0 saturated heterocycles. The molecular weight excluding hydrogens is 226 g/mol. The molecular formula is C15H13NO2. The molecule has 0 bridgehead atoms. The molecule has 18 heavy (non-hydrogen) atoms. The van der Waals surface area contributed by atoms with E-state index in [0.29, 0.717) is 11.3 Å². The van der Waals surface area contributed by atoms with Gasteiger partial charge in [0, 0.05) is 0 Å². The molecule has 0 heterocycles. The summed E-state index contributed by atoms with van der Waals surface area (Å²) < 4.78 is 5.18. The Kier molecular flexibility index (Phi) is 3.61. The number of nitrogens with zero attached hydrogens (tertiary/aromatic N) is 1. The summed E-state index contributed by atoms with van der Waals surface area (Å²) in [6.07, 6.45) is 0. The smallest absolute Gasteiger partial charge is 0.120 e. The quantitative estimate of drug-likeness (QED) is 0.896. The largest absolute Gasteiger partial charge is 0.497 e. The van der Waals surface area contributed by atoms with Gasteiger partial charge in [0.1, 0.15) is 5.75 Å². The predicted octanol–water partition coefficient (Wildman–Crippen LogP) is 2.73. The van der Waals surface area contributed by atoms with Gasteiger partial charge in [-0.15, -0.1) is 0 Å². The summed E-state index contributed by atoms with van der Waals surface area (Å²) in [6.45, 7) is -0.0325. The third-order valence-corrected chi connectivity index (χ3v) is 2.77. The minimum absolute atomic E-state index is 0.0325. The van der Waals surface area contributed by atoms with E-state index >= 15 is 0 Å². The lowest BCUT2D eigenvalue weighted by Crippen LogP contribution is -1.91. The van der Waals surface area contributed by atoms with Gasteiger partial charge >= 0.3 is 0 Å². The normalized spacial score (nSPS) is 9.83. The number of ether oxygens (including phenoxy) is 1. The van der Waals surface area contributed by atoms with E-state index in [0.717, 1.165) is 16.7 Å². The maximum Gasteiger partial charge on any atom is 0.120 e.